The van der Waals surface area contributed by atoms with Crippen LogP contribution in [0.5, 0.6) is 5.75 Å². The van der Waals surface area contributed by atoms with Crippen LogP contribution in [0.4, 0.5) is 10.1 Å². The van der Waals surface area contributed by atoms with Gasteiger partial charge in [-0.25, -0.2) is 4.39 Å². The first-order valence-electron chi connectivity index (χ1n) is 12.4. The van der Waals surface area contributed by atoms with Crippen molar-refractivity contribution in [3.8, 4) is 5.75 Å². The van der Waals surface area contributed by atoms with Crippen molar-refractivity contribution in [3.05, 3.63) is 92.8 Å². The molecule has 0 radical (unpaired) electrons. The Hall–Kier alpha value is -3.98. The molecule has 9 heteroatoms. The van der Waals surface area contributed by atoms with Gasteiger partial charge in [0.05, 0.1) is 22.0 Å². The zero-order valence-electron chi connectivity index (χ0n) is 20.6. The summed E-state index contributed by atoms with van der Waals surface area (Å²) < 4.78 is 14.6. The minimum Gasteiger partial charge on any atom is -0.505 e. The van der Waals surface area contributed by atoms with Crippen molar-refractivity contribution >= 4 is 50.8 Å². The normalized spacial score (nSPS) is 26.2. The lowest BCUT2D eigenvalue weighted by molar-refractivity contribution is -0.123. The lowest BCUT2D eigenvalue weighted by atomic mass is 9.59. The summed E-state index contributed by atoms with van der Waals surface area (Å²) in [7, 11) is 0. The van der Waals surface area contributed by atoms with Gasteiger partial charge in [-0.2, -0.15) is 0 Å². The molecule has 0 spiro atoms. The van der Waals surface area contributed by atoms with Crippen LogP contribution in [0.25, 0.3) is 0 Å². The fraction of sp³-hybridized carbons (Fsp3) is 0.233. The number of aromatic hydroxyl groups is 1. The Bertz CT molecular complexity index is 1620. The van der Waals surface area contributed by atoms with E-state index in [0.29, 0.717) is 22.4 Å². The summed E-state index contributed by atoms with van der Waals surface area (Å²) in [5, 5.41) is 9.76. The monoisotopic (exact) mass is 589 g/mol. The zero-order valence-corrected chi connectivity index (χ0v) is 22.2. The number of anilines is 1. The van der Waals surface area contributed by atoms with E-state index in [1.807, 2.05) is 6.08 Å². The number of carbonyl (C=O) groups is 5. The number of allylic oxidation sites excluding steroid dienone is 6. The van der Waals surface area contributed by atoms with Crippen LogP contribution in [0.3, 0.4) is 0 Å². The molecule has 2 aromatic carbocycles. The fourth-order valence-corrected chi connectivity index (χ4v) is 6.84. The van der Waals surface area contributed by atoms with E-state index in [4.69, 9.17) is 0 Å². The molecule has 4 unspecified atom stereocenters. The third kappa shape index (κ3) is 3.78. The van der Waals surface area contributed by atoms with Gasteiger partial charge in [-0.15, -0.1) is 0 Å². The van der Waals surface area contributed by atoms with Crippen molar-refractivity contribution < 1.29 is 33.5 Å². The van der Waals surface area contributed by atoms with E-state index in [1.54, 1.807) is 24.3 Å². The standard InChI is InChI=1S/C30H21BrFNO6/c1-13(34)14-2-5-16(6-3-14)33-29(38)18-8-7-17-19(26(18)30(33)39)11-20-27(24(36)12-21(31)28(20)37)25(17)15-4-9-23(35)22(32)10-15/h2-7,9-10,12,18-19,25-26,35H,8,11H2,1H3. The van der Waals surface area contributed by atoms with Crippen LogP contribution in [-0.4, -0.2) is 34.3 Å². The number of imide groups is 1. The van der Waals surface area contributed by atoms with E-state index in [9.17, 15) is 33.5 Å². The lowest BCUT2D eigenvalue weighted by Gasteiger charge is -2.42. The molecule has 0 bridgehead atoms. The maximum atomic E-state index is 14.5. The molecular formula is C30H21BrFNO6. The molecule has 1 heterocycles. The predicted octanol–water partition coefficient (Wildman–Crippen LogP) is 4.70. The number of halogens is 2. The summed E-state index contributed by atoms with van der Waals surface area (Å²) in [6.45, 7) is 1.43. The number of rotatable bonds is 3. The second-order valence-corrected chi connectivity index (χ2v) is 11.1. The topological polar surface area (TPSA) is 109 Å². The van der Waals surface area contributed by atoms with E-state index < -0.39 is 46.9 Å². The number of phenolic OH excluding ortho intramolecular Hbond substituents is 1. The molecule has 1 fully saturated rings. The molecule has 4 aliphatic rings. The minimum atomic E-state index is -0.871. The summed E-state index contributed by atoms with van der Waals surface area (Å²) in [4.78, 5) is 66.7. The van der Waals surface area contributed by atoms with Crippen LogP contribution in [0.15, 0.2) is 75.8 Å². The van der Waals surface area contributed by atoms with Crippen LogP contribution in [0, 0.1) is 23.6 Å². The highest BCUT2D eigenvalue weighted by atomic mass is 79.9. The Morgan fingerprint density at radius 1 is 1.03 bits per heavy atom. The lowest BCUT2D eigenvalue weighted by Crippen LogP contribution is -2.39. The minimum absolute atomic E-state index is 0.0864. The third-order valence-electron chi connectivity index (χ3n) is 8.17. The zero-order chi connectivity index (χ0) is 27.7. The summed E-state index contributed by atoms with van der Waals surface area (Å²) in [6.07, 6.45) is 3.37. The number of phenols is 1. The molecule has 39 heavy (non-hydrogen) atoms. The summed E-state index contributed by atoms with van der Waals surface area (Å²) >= 11 is 3.17. The van der Waals surface area contributed by atoms with Crippen LogP contribution >= 0.6 is 15.9 Å². The molecule has 1 N–H and O–H groups in total. The first-order chi connectivity index (χ1) is 18.6. The second-order valence-electron chi connectivity index (χ2n) is 10.2. The van der Waals surface area contributed by atoms with Crippen molar-refractivity contribution in [1.82, 2.24) is 0 Å². The molecule has 0 saturated carbocycles. The molecule has 196 valence electrons. The maximum Gasteiger partial charge on any atom is 0.238 e. The number of amides is 2. The number of hydrogen-bond donors (Lipinski definition) is 1. The Balaban J connectivity index is 1.46. The van der Waals surface area contributed by atoms with Crippen LogP contribution in [0.2, 0.25) is 0 Å². The Morgan fingerprint density at radius 3 is 2.41 bits per heavy atom. The fourth-order valence-electron chi connectivity index (χ4n) is 6.39. The van der Waals surface area contributed by atoms with Crippen LogP contribution in [-0.2, 0) is 19.2 Å². The molecule has 3 aliphatic carbocycles. The van der Waals surface area contributed by atoms with Crippen molar-refractivity contribution in [2.24, 2.45) is 17.8 Å². The largest absolute Gasteiger partial charge is 0.505 e. The molecule has 2 amide bonds. The van der Waals surface area contributed by atoms with E-state index in [2.05, 4.69) is 15.9 Å². The molecule has 4 atom stereocenters. The first-order valence-corrected chi connectivity index (χ1v) is 13.2. The Morgan fingerprint density at radius 2 is 1.74 bits per heavy atom. The van der Waals surface area contributed by atoms with Gasteiger partial charge in [-0.1, -0.05) is 17.7 Å². The third-order valence-corrected chi connectivity index (χ3v) is 8.76. The highest BCUT2D eigenvalue weighted by Crippen LogP contribution is 2.55. The summed E-state index contributed by atoms with van der Waals surface area (Å²) in [5.41, 5.74) is 2.32. The number of nitrogens with zero attached hydrogens (tertiary/aromatic N) is 1. The van der Waals surface area contributed by atoms with Gasteiger partial charge in [0.15, 0.2) is 28.9 Å². The van der Waals surface area contributed by atoms with Gasteiger partial charge in [-0.3, -0.25) is 28.9 Å². The summed E-state index contributed by atoms with van der Waals surface area (Å²) in [6, 6.07) is 10.1. The average molecular weight is 590 g/mol. The predicted molar refractivity (Wildman–Crippen MR) is 142 cm³/mol. The van der Waals surface area contributed by atoms with Gasteiger partial charge in [0.1, 0.15) is 0 Å². The van der Waals surface area contributed by atoms with Crippen LogP contribution in [0.1, 0.15) is 41.6 Å². The first kappa shape index (κ1) is 25.3. The highest BCUT2D eigenvalue weighted by molar-refractivity contribution is 9.12. The van der Waals surface area contributed by atoms with Gasteiger partial charge < -0.3 is 5.11 Å². The van der Waals surface area contributed by atoms with Crippen LogP contribution < -0.4 is 4.90 Å². The number of benzene rings is 2. The van der Waals surface area contributed by atoms with Crippen molar-refractivity contribution in [2.45, 2.75) is 25.7 Å². The van der Waals surface area contributed by atoms with Gasteiger partial charge >= 0.3 is 0 Å². The quantitative estimate of drug-likeness (QED) is 0.240. The molecule has 0 aromatic heterocycles. The molecule has 1 aliphatic heterocycles. The van der Waals surface area contributed by atoms with Crippen molar-refractivity contribution in [2.75, 3.05) is 4.90 Å². The van der Waals surface area contributed by atoms with Crippen molar-refractivity contribution in [1.29, 1.82) is 0 Å². The number of fused-ring (bicyclic) bond motifs is 3. The molecule has 7 nitrogen and oxygen atoms in total. The number of carbonyl (C=O) groups excluding carboxylic acids is 5. The van der Waals surface area contributed by atoms with Gasteiger partial charge in [0.25, 0.3) is 0 Å². The molecule has 1 saturated heterocycles. The van der Waals surface area contributed by atoms with Crippen molar-refractivity contribution in [3.63, 3.8) is 0 Å². The molecule has 6 rings (SSSR count). The number of hydrogen-bond acceptors (Lipinski definition) is 6. The van der Waals surface area contributed by atoms with E-state index in [-0.39, 0.29) is 45.9 Å². The number of ketones is 3. The van der Waals surface area contributed by atoms with E-state index >= 15 is 0 Å². The van der Waals surface area contributed by atoms with E-state index in [0.717, 1.165) is 11.0 Å². The Kier molecular flexibility index (Phi) is 5.87. The molecular weight excluding hydrogens is 569 g/mol. The average Bonchev–Trinajstić information content (AvgIpc) is 3.17. The highest BCUT2D eigenvalue weighted by Gasteiger charge is 2.56. The Labute approximate surface area is 230 Å². The van der Waals surface area contributed by atoms with Gasteiger partial charge in [0.2, 0.25) is 11.8 Å². The number of Topliss-reactive ketones (excluding diaryl/α,β-unsaturated/α-hetero) is 2. The maximum absolute atomic E-state index is 14.5. The smallest absolute Gasteiger partial charge is 0.238 e. The van der Waals surface area contributed by atoms with Gasteiger partial charge in [0, 0.05) is 28.7 Å². The van der Waals surface area contributed by atoms with Gasteiger partial charge in [-0.05, 0) is 83.6 Å². The SMILES string of the molecule is CC(=O)c1ccc(N2C(=O)C3CC=C4C(c5ccc(O)c(F)c5)C5=C(CC4C3C2=O)C(=O)C(Br)=CC5=O)cc1. The second kappa shape index (κ2) is 9.05. The molecule has 2 aromatic rings. The van der Waals surface area contributed by atoms with E-state index in [1.165, 1.54) is 25.1 Å². The summed E-state index contributed by atoms with van der Waals surface area (Å²) in [5.74, 6) is -5.94.